The van der Waals surface area contributed by atoms with Crippen molar-refractivity contribution in [1.82, 2.24) is 4.90 Å². The topological polar surface area (TPSA) is 3.24 Å². The lowest BCUT2D eigenvalue weighted by atomic mass is 9.84. The van der Waals surface area contributed by atoms with Crippen molar-refractivity contribution in [3.05, 3.63) is 71.8 Å². The molecule has 2 heteroatoms. The zero-order chi connectivity index (χ0) is 17.3. The molecule has 0 fully saturated rings. The molecule has 0 amide bonds. The maximum Gasteiger partial charge on any atom is 0.0237 e. The molecule has 0 aromatic heterocycles. The van der Waals surface area contributed by atoms with E-state index in [0.29, 0.717) is 5.41 Å². The highest BCUT2D eigenvalue weighted by Crippen LogP contribution is 2.28. The van der Waals surface area contributed by atoms with E-state index in [0.717, 1.165) is 25.0 Å². The Morgan fingerprint density at radius 3 is 1.75 bits per heavy atom. The average Bonchev–Trinajstić information content (AvgIpc) is 2.60. The van der Waals surface area contributed by atoms with Gasteiger partial charge in [-0.2, -0.15) is 0 Å². The van der Waals surface area contributed by atoms with Gasteiger partial charge in [0.1, 0.15) is 0 Å². The van der Waals surface area contributed by atoms with E-state index in [9.17, 15) is 0 Å². The molecule has 1 nitrogen and oxygen atoms in total. The van der Waals surface area contributed by atoms with Gasteiger partial charge in [-0.15, -0.1) is 0 Å². The van der Waals surface area contributed by atoms with E-state index in [2.05, 4.69) is 95.3 Å². The Balaban J connectivity index is 1.99. The van der Waals surface area contributed by atoms with Crippen LogP contribution in [-0.2, 0) is 13.1 Å². The molecule has 130 valence electrons. The number of nitrogens with zero attached hydrogens (tertiary/aromatic N) is 1. The van der Waals surface area contributed by atoms with Crippen LogP contribution < -0.4 is 0 Å². The van der Waals surface area contributed by atoms with Crippen molar-refractivity contribution in [2.24, 2.45) is 5.41 Å². The molecule has 0 aliphatic carbocycles. The Hall–Kier alpha value is -1.12. The van der Waals surface area contributed by atoms with Crippen LogP contribution in [0.2, 0.25) is 0 Å². The SMILES string of the molecule is CC(C)(CCCBr)CCN(Cc1ccccc1)Cc1ccccc1. The fourth-order valence-corrected chi connectivity index (χ4v) is 3.31. The quantitative estimate of drug-likeness (QED) is 0.433. The molecule has 0 atom stereocenters. The Bertz CT molecular complexity index is 524. The van der Waals surface area contributed by atoms with E-state index in [4.69, 9.17) is 0 Å². The van der Waals surface area contributed by atoms with Crippen molar-refractivity contribution < 1.29 is 0 Å². The number of rotatable bonds is 10. The Morgan fingerprint density at radius 1 is 0.792 bits per heavy atom. The first-order chi connectivity index (χ1) is 11.6. The summed E-state index contributed by atoms with van der Waals surface area (Å²) in [6.07, 6.45) is 3.77. The first-order valence-corrected chi connectivity index (χ1v) is 10.1. The number of hydrogen-bond acceptors (Lipinski definition) is 1. The molecule has 0 bridgehead atoms. The number of hydrogen-bond donors (Lipinski definition) is 0. The Morgan fingerprint density at radius 2 is 1.29 bits per heavy atom. The van der Waals surface area contributed by atoms with Gasteiger partial charge in [0, 0.05) is 18.4 Å². The molecular formula is C22H30BrN. The molecule has 0 radical (unpaired) electrons. The third kappa shape index (κ3) is 7.19. The van der Waals surface area contributed by atoms with Crippen molar-refractivity contribution in [2.45, 2.75) is 46.2 Å². The van der Waals surface area contributed by atoms with Crippen molar-refractivity contribution in [3.63, 3.8) is 0 Å². The predicted molar refractivity (Wildman–Crippen MR) is 108 cm³/mol. The van der Waals surface area contributed by atoms with Gasteiger partial charge in [-0.1, -0.05) is 90.4 Å². The lowest BCUT2D eigenvalue weighted by Crippen LogP contribution is -2.28. The fourth-order valence-electron chi connectivity index (χ4n) is 3.03. The van der Waals surface area contributed by atoms with Gasteiger partial charge < -0.3 is 0 Å². The maximum atomic E-state index is 3.56. The molecule has 2 aromatic rings. The van der Waals surface area contributed by atoms with Crippen LogP contribution in [0.4, 0.5) is 0 Å². The van der Waals surface area contributed by atoms with Crippen molar-refractivity contribution in [1.29, 1.82) is 0 Å². The van der Waals surface area contributed by atoms with Gasteiger partial charge in [0.2, 0.25) is 0 Å². The summed E-state index contributed by atoms with van der Waals surface area (Å²) in [5.74, 6) is 0. The number of alkyl halides is 1. The van der Waals surface area contributed by atoms with Crippen LogP contribution >= 0.6 is 15.9 Å². The Kier molecular flexibility index (Phi) is 8.01. The first-order valence-electron chi connectivity index (χ1n) is 8.95. The van der Waals surface area contributed by atoms with Gasteiger partial charge in [-0.05, 0) is 42.3 Å². The molecule has 0 unspecified atom stereocenters. The molecular weight excluding hydrogens is 358 g/mol. The molecule has 2 rings (SSSR count). The zero-order valence-corrected chi connectivity index (χ0v) is 16.6. The average molecular weight is 388 g/mol. The molecule has 24 heavy (non-hydrogen) atoms. The van der Waals surface area contributed by atoms with Crippen LogP contribution in [0.5, 0.6) is 0 Å². The summed E-state index contributed by atoms with van der Waals surface area (Å²) in [5.41, 5.74) is 3.19. The number of halogens is 1. The van der Waals surface area contributed by atoms with E-state index >= 15 is 0 Å². The monoisotopic (exact) mass is 387 g/mol. The van der Waals surface area contributed by atoms with E-state index in [1.54, 1.807) is 0 Å². The summed E-state index contributed by atoms with van der Waals surface area (Å²) < 4.78 is 0. The third-order valence-corrected chi connectivity index (χ3v) is 5.15. The summed E-state index contributed by atoms with van der Waals surface area (Å²) in [5, 5.41) is 1.11. The van der Waals surface area contributed by atoms with Gasteiger partial charge in [0.05, 0.1) is 0 Å². The largest absolute Gasteiger partial charge is 0.295 e. The normalized spacial score (nSPS) is 11.8. The van der Waals surface area contributed by atoms with Crippen LogP contribution in [0.1, 0.15) is 44.2 Å². The van der Waals surface area contributed by atoms with E-state index < -0.39 is 0 Å². The first kappa shape index (κ1) is 19.2. The lowest BCUT2D eigenvalue weighted by Gasteiger charge is -2.29. The second-order valence-corrected chi connectivity index (χ2v) is 8.18. The molecule has 0 heterocycles. The van der Waals surface area contributed by atoms with E-state index in [1.807, 2.05) is 0 Å². The van der Waals surface area contributed by atoms with Gasteiger partial charge >= 0.3 is 0 Å². The highest BCUT2D eigenvalue weighted by atomic mass is 79.9. The third-order valence-electron chi connectivity index (χ3n) is 4.59. The molecule has 0 saturated carbocycles. The van der Waals surface area contributed by atoms with Gasteiger partial charge in [-0.3, -0.25) is 4.90 Å². The van der Waals surface area contributed by atoms with Gasteiger partial charge in [0.15, 0.2) is 0 Å². The Labute approximate surface area is 156 Å². The van der Waals surface area contributed by atoms with Crippen LogP contribution in [-0.4, -0.2) is 16.8 Å². The summed E-state index contributed by atoms with van der Waals surface area (Å²) >= 11 is 3.56. The van der Waals surface area contributed by atoms with Crippen LogP contribution in [0.3, 0.4) is 0 Å². The minimum atomic E-state index is 0.402. The molecule has 0 spiro atoms. The maximum absolute atomic E-state index is 3.56. The molecule has 0 saturated heterocycles. The van der Waals surface area contributed by atoms with Gasteiger partial charge in [0.25, 0.3) is 0 Å². The minimum Gasteiger partial charge on any atom is -0.295 e. The molecule has 0 N–H and O–H groups in total. The second kappa shape index (κ2) is 10.0. The van der Waals surface area contributed by atoms with Crippen LogP contribution in [0.15, 0.2) is 60.7 Å². The minimum absolute atomic E-state index is 0.402. The van der Waals surface area contributed by atoms with Crippen molar-refractivity contribution in [3.8, 4) is 0 Å². The standard InChI is InChI=1S/C22H30BrN/c1-22(2,14-9-16-23)15-17-24(18-20-10-5-3-6-11-20)19-21-12-7-4-8-13-21/h3-8,10-13H,9,14-19H2,1-2H3. The second-order valence-electron chi connectivity index (χ2n) is 7.39. The summed E-state index contributed by atoms with van der Waals surface area (Å²) in [6.45, 7) is 7.98. The summed E-state index contributed by atoms with van der Waals surface area (Å²) in [4.78, 5) is 2.58. The van der Waals surface area contributed by atoms with Crippen molar-refractivity contribution in [2.75, 3.05) is 11.9 Å². The molecule has 0 aliphatic rings. The molecule has 0 aliphatic heterocycles. The van der Waals surface area contributed by atoms with Crippen LogP contribution in [0, 0.1) is 5.41 Å². The highest BCUT2D eigenvalue weighted by molar-refractivity contribution is 9.09. The van der Waals surface area contributed by atoms with Crippen molar-refractivity contribution >= 4 is 15.9 Å². The highest BCUT2D eigenvalue weighted by Gasteiger charge is 2.19. The van der Waals surface area contributed by atoms with E-state index in [1.165, 1.54) is 30.4 Å². The van der Waals surface area contributed by atoms with Crippen LogP contribution in [0.25, 0.3) is 0 Å². The molecule has 2 aromatic carbocycles. The lowest BCUT2D eigenvalue weighted by molar-refractivity contribution is 0.196. The smallest absolute Gasteiger partial charge is 0.0237 e. The summed E-state index contributed by atoms with van der Waals surface area (Å²) in [6, 6.07) is 21.6. The fraction of sp³-hybridized carbons (Fsp3) is 0.455. The number of benzene rings is 2. The van der Waals surface area contributed by atoms with Gasteiger partial charge in [-0.25, -0.2) is 0 Å². The predicted octanol–water partition coefficient (Wildman–Crippen LogP) is 6.28. The summed E-state index contributed by atoms with van der Waals surface area (Å²) in [7, 11) is 0. The van der Waals surface area contributed by atoms with E-state index in [-0.39, 0.29) is 0 Å². The zero-order valence-electron chi connectivity index (χ0n) is 15.0.